The molecule has 1 N–H and O–H groups in total. The third kappa shape index (κ3) is 4.27. The number of carbonyl (C=O) groups is 1. The molecule has 174 valence electrons. The molecular weight excluding hydrogens is 460 g/mol. The van der Waals surface area contributed by atoms with E-state index in [1.165, 1.54) is 11.8 Å². The van der Waals surface area contributed by atoms with Crippen molar-refractivity contribution in [3.63, 3.8) is 0 Å². The van der Waals surface area contributed by atoms with Gasteiger partial charge in [-0.3, -0.25) is 15.1 Å². The first-order chi connectivity index (χ1) is 17.3. The van der Waals surface area contributed by atoms with Crippen LogP contribution in [0.1, 0.15) is 22.7 Å². The zero-order valence-electron chi connectivity index (χ0n) is 18.7. The van der Waals surface area contributed by atoms with E-state index in [-0.39, 0.29) is 11.2 Å². The Hall–Kier alpha value is -3.72. The number of nitrogens with zero attached hydrogens (tertiary/aromatic N) is 3. The number of para-hydroxylation sites is 2. The number of pyridine rings is 1. The summed E-state index contributed by atoms with van der Waals surface area (Å²) in [4.78, 5) is 20.0. The van der Waals surface area contributed by atoms with Gasteiger partial charge in [0.15, 0.2) is 17.3 Å². The molecular formula is C27H22N4O3S. The van der Waals surface area contributed by atoms with Gasteiger partial charge < -0.3 is 9.47 Å². The lowest BCUT2D eigenvalue weighted by molar-refractivity contribution is -0.117. The number of rotatable bonds is 5. The van der Waals surface area contributed by atoms with Gasteiger partial charge >= 0.3 is 0 Å². The molecule has 0 saturated carbocycles. The Morgan fingerprint density at radius 1 is 0.914 bits per heavy atom. The number of hydrazone groups is 1. The highest BCUT2D eigenvalue weighted by atomic mass is 32.2. The van der Waals surface area contributed by atoms with E-state index in [0.717, 1.165) is 27.7 Å². The Balaban J connectivity index is 1.39. The number of nitrogens with one attached hydrogen (secondary N) is 1. The van der Waals surface area contributed by atoms with Gasteiger partial charge in [0.2, 0.25) is 0 Å². The first-order valence-corrected chi connectivity index (χ1v) is 12.2. The van der Waals surface area contributed by atoms with Gasteiger partial charge in [-0.25, -0.2) is 4.98 Å². The molecule has 1 atom stereocenters. The maximum atomic E-state index is 13.5. The van der Waals surface area contributed by atoms with E-state index in [1.54, 1.807) is 4.90 Å². The van der Waals surface area contributed by atoms with Crippen LogP contribution >= 0.6 is 11.8 Å². The normalized spacial score (nSPS) is 19.7. The van der Waals surface area contributed by atoms with E-state index in [2.05, 4.69) is 10.5 Å². The second kappa shape index (κ2) is 9.50. The molecule has 7 nitrogen and oxygen atoms in total. The zero-order valence-corrected chi connectivity index (χ0v) is 19.5. The lowest BCUT2D eigenvalue weighted by atomic mass is 10.1. The zero-order chi connectivity index (χ0) is 23.6. The van der Waals surface area contributed by atoms with Crippen LogP contribution in [0.3, 0.4) is 0 Å². The van der Waals surface area contributed by atoms with Crippen molar-refractivity contribution < 1.29 is 14.3 Å². The van der Waals surface area contributed by atoms with Crippen molar-refractivity contribution in [3.8, 4) is 0 Å². The number of thioether (sulfide) groups is 1. The average molecular weight is 483 g/mol. The summed E-state index contributed by atoms with van der Waals surface area (Å²) in [7, 11) is 0. The summed E-state index contributed by atoms with van der Waals surface area (Å²) in [6.45, 7) is 1.05. The summed E-state index contributed by atoms with van der Waals surface area (Å²) in [5, 5.41) is 5.82. The largest absolute Gasteiger partial charge is 0.346 e. The van der Waals surface area contributed by atoms with E-state index >= 15 is 0 Å². The SMILES string of the molecule is O=C1C(c2ccccc2)S/C(=N\Nc2nc3ccccc3cc2C2OCCO2)N1c1ccccc1. The smallest absolute Gasteiger partial charge is 0.251 e. The molecule has 1 aromatic heterocycles. The van der Waals surface area contributed by atoms with Gasteiger partial charge in [0.25, 0.3) is 5.91 Å². The van der Waals surface area contributed by atoms with Gasteiger partial charge in [0.1, 0.15) is 5.25 Å². The van der Waals surface area contributed by atoms with Crippen LogP contribution in [0.15, 0.2) is 96.1 Å². The minimum Gasteiger partial charge on any atom is -0.346 e. The topological polar surface area (TPSA) is 76.0 Å². The molecule has 2 fully saturated rings. The van der Waals surface area contributed by atoms with Gasteiger partial charge in [-0.15, -0.1) is 5.10 Å². The summed E-state index contributed by atoms with van der Waals surface area (Å²) < 4.78 is 11.5. The highest BCUT2D eigenvalue weighted by molar-refractivity contribution is 8.15. The van der Waals surface area contributed by atoms with Gasteiger partial charge in [0.05, 0.1) is 30.0 Å². The summed E-state index contributed by atoms with van der Waals surface area (Å²) in [6.07, 6.45) is -0.519. The number of fused-ring (bicyclic) bond motifs is 1. The van der Waals surface area contributed by atoms with Crippen LogP contribution in [0.5, 0.6) is 0 Å². The highest BCUT2D eigenvalue weighted by Gasteiger charge is 2.40. The van der Waals surface area contributed by atoms with Crippen LogP contribution in [0.25, 0.3) is 10.9 Å². The van der Waals surface area contributed by atoms with Crippen molar-refractivity contribution in [1.82, 2.24) is 4.98 Å². The quantitative estimate of drug-likeness (QED) is 0.380. The van der Waals surface area contributed by atoms with Crippen LogP contribution < -0.4 is 10.3 Å². The second-order valence-corrected chi connectivity index (χ2v) is 9.19. The van der Waals surface area contributed by atoms with Crippen LogP contribution in [0.4, 0.5) is 11.5 Å². The monoisotopic (exact) mass is 482 g/mol. The highest BCUT2D eigenvalue weighted by Crippen LogP contribution is 2.42. The predicted molar refractivity (Wildman–Crippen MR) is 138 cm³/mol. The molecule has 0 aliphatic carbocycles. The van der Waals surface area contributed by atoms with Crippen molar-refractivity contribution in [3.05, 3.63) is 102 Å². The summed E-state index contributed by atoms with van der Waals surface area (Å²) in [6, 6.07) is 29.2. The number of amidine groups is 1. The molecule has 4 aromatic rings. The first-order valence-electron chi connectivity index (χ1n) is 11.4. The van der Waals surface area contributed by atoms with E-state index in [1.807, 2.05) is 91.0 Å². The molecule has 1 unspecified atom stereocenters. The van der Waals surface area contributed by atoms with Gasteiger partial charge in [0, 0.05) is 5.39 Å². The number of hydrogen-bond donors (Lipinski definition) is 1. The fourth-order valence-electron chi connectivity index (χ4n) is 4.19. The molecule has 3 aromatic carbocycles. The predicted octanol–water partition coefficient (Wildman–Crippen LogP) is 5.48. The Morgan fingerprint density at radius 2 is 1.60 bits per heavy atom. The average Bonchev–Trinajstić information content (AvgIpc) is 3.56. The van der Waals surface area contributed by atoms with E-state index in [9.17, 15) is 4.79 Å². The first kappa shape index (κ1) is 21.8. The molecule has 35 heavy (non-hydrogen) atoms. The van der Waals surface area contributed by atoms with Gasteiger partial charge in [-0.05, 0) is 29.8 Å². The lowest BCUT2D eigenvalue weighted by Gasteiger charge is -2.18. The fraction of sp³-hybridized carbons (Fsp3) is 0.148. The molecule has 0 spiro atoms. The Bertz CT molecular complexity index is 1390. The minimum atomic E-state index is -0.519. The fourth-order valence-corrected chi connectivity index (χ4v) is 5.30. The van der Waals surface area contributed by atoms with Crippen molar-refractivity contribution in [2.45, 2.75) is 11.5 Å². The number of anilines is 2. The lowest BCUT2D eigenvalue weighted by Crippen LogP contribution is -2.30. The third-order valence-electron chi connectivity index (χ3n) is 5.86. The molecule has 2 saturated heterocycles. The summed E-state index contributed by atoms with van der Waals surface area (Å²) in [5.74, 6) is 0.495. The van der Waals surface area contributed by atoms with Crippen molar-refractivity contribution in [1.29, 1.82) is 0 Å². The van der Waals surface area contributed by atoms with Crippen molar-refractivity contribution in [2.24, 2.45) is 5.10 Å². The molecule has 0 bridgehead atoms. The minimum absolute atomic E-state index is 0.0397. The number of hydrogen-bond acceptors (Lipinski definition) is 7. The Labute approximate surface area is 206 Å². The van der Waals surface area contributed by atoms with E-state index < -0.39 is 6.29 Å². The number of amides is 1. The Kier molecular flexibility index (Phi) is 5.91. The van der Waals surface area contributed by atoms with E-state index in [0.29, 0.717) is 24.2 Å². The molecule has 6 rings (SSSR count). The van der Waals surface area contributed by atoms with Crippen molar-refractivity contribution >= 4 is 45.2 Å². The number of ether oxygens (including phenoxy) is 2. The maximum absolute atomic E-state index is 13.5. The Morgan fingerprint density at radius 3 is 2.37 bits per heavy atom. The summed E-state index contributed by atoms with van der Waals surface area (Å²) >= 11 is 1.41. The molecule has 2 aliphatic heterocycles. The van der Waals surface area contributed by atoms with Crippen LogP contribution in [-0.4, -0.2) is 29.3 Å². The number of carbonyl (C=O) groups excluding carboxylic acids is 1. The molecule has 2 aliphatic rings. The molecule has 8 heteroatoms. The number of aromatic nitrogens is 1. The molecule has 3 heterocycles. The molecule has 0 radical (unpaired) electrons. The third-order valence-corrected chi connectivity index (χ3v) is 7.06. The van der Waals surface area contributed by atoms with E-state index in [4.69, 9.17) is 14.5 Å². The van der Waals surface area contributed by atoms with Crippen molar-refractivity contribution in [2.75, 3.05) is 23.5 Å². The van der Waals surface area contributed by atoms with Gasteiger partial charge in [-0.1, -0.05) is 78.5 Å². The maximum Gasteiger partial charge on any atom is 0.251 e. The van der Waals surface area contributed by atoms with Gasteiger partial charge in [-0.2, -0.15) is 0 Å². The summed E-state index contributed by atoms with van der Waals surface area (Å²) in [5.41, 5.74) is 6.41. The number of benzene rings is 3. The van der Waals surface area contributed by atoms with Crippen LogP contribution in [0, 0.1) is 0 Å². The second-order valence-electron chi connectivity index (χ2n) is 8.12. The van der Waals surface area contributed by atoms with Crippen LogP contribution in [0.2, 0.25) is 0 Å². The standard InChI is InChI=1S/C27H22N4O3S/c32-25-23(18-9-3-1-4-10-18)35-27(31(25)20-12-5-2-6-13-20)30-29-24-21(26-33-15-16-34-26)17-19-11-7-8-14-22(19)28-24/h1-14,17,23,26H,15-16H2,(H,28,29)/b30-27-. The van der Waals surface area contributed by atoms with Crippen LogP contribution in [-0.2, 0) is 14.3 Å². The molecule has 1 amide bonds.